The van der Waals surface area contributed by atoms with Crippen LogP contribution in [-0.4, -0.2) is 40.3 Å². The second-order valence-corrected chi connectivity index (χ2v) is 7.64. The summed E-state index contributed by atoms with van der Waals surface area (Å²) in [4.78, 5) is 25.0. The predicted molar refractivity (Wildman–Crippen MR) is 111 cm³/mol. The van der Waals surface area contributed by atoms with Crippen LogP contribution in [0, 0.1) is 0 Å². The summed E-state index contributed by atoms with van der Waals surface area (Å²) in [5.41, 5.74) is 5.26. The number of carbonyl (C=O) groups is 2. The molecule has 1 aliphatic rings. The molecule has 2 heterocycles. The van der Waals surface area contributed by atoms with E-state index in [4.69, 9.17) is 15.2 Å². The van der Waals surface area contributed by atoms with Gasteiger partial charge in [-0.15, -0.1) is 0 Å². The van der Waals surface area contributed by atoms with Gasteiger partial charge < -0.3 is 20.5 Å². The van der Waals surface area contributed by atoms with Crippen molar-refractivity contribution in [2.45, 2.75) is 25.0 Å². The number of halogens is 2. The summed E-state index contributed by atoms with van der Waals surface area (Å²) >= 11 is 0. The van der Waals surface area contributed by atoms with Gasteiger partial charge in [-0.2, -0.15) is 5.10 Å². The molecule has 1 fully saturated rings. The summed E-state index contributed by atoms with van der Waals surface area (Å²) in [6.07, 6.45) is -2.33. The molecule has 1 aromatic heterocycles. The van der Waals surface area contributed by atoms with Crippen LogP contribution < -0.4 is 15.8 Å². The van der Waals surface area contributed by atoms with E-state index >= 15 is 0 Å². The first kappa shape index (κ1) is 21.7. The van der Waals surface area contributed by atoms with Crippen molar-refractivity contribution in [1.29, 1.82) is 0 Å². The van der Waals surface area contributed by atoms with E-state index in [2.05, 4.69) is 10.4 Å². The molecule has 1 atom stereocenters. The number of alkyl halides is 2. The Morgan fingerprint density at radius 3 is 2.78 bits per heavy atom. The van der Waals surface area contributed by atoms with Crippen molar-refractivity contribution in [1.82, 2.24) is 15.1 Å². The molecule has 0 saturated carbocycles. The van der Waals surface area contributed by atoms with Crippen molar-refractivity contribution in [2.75, 3.05) is 13.2 Å². The molecule has 0 radical (unpaired) electrons. The van der Waals surface area contributed by atoms with Gasteiger partial charge in [-0.05, 0) is 23.8 Å². The number of rotatable bonds is 7. The fourth-order valence-corrected chi connectivity index (χ4v) is 3.77. The second kappa shape index (κ2) is 8.54. The molecular formula is C22H22F2N4O4. The Labute approximate surface area is 182 Å². The van der Waals surface area contributed by atoms with Gasteiger partial charge in [0.1, 0.15) is 23.6 Å². The minimum Gasteiger partial charge on any atom is -0.489 e. The minimum atomic E-state index is -2.61. The molecule has 32 heavy (non-hydrogen) atoms. The lowest BCUT2D eigenvalue weighted by Gasteiger charge is -2.24. The Morgan fingerprint density at radius 2 is 2.09 bits per heavy atom. The highest BCUT2D eigenvalue weighted by atomic mass is 19.3. The zero-order valence-corrected chi connectivity index (χ0v) is 17.3. The summed E-state index contributed by atoms with van der Waals surface area (Å²) in [5, 5.41) is 7.52. The smallest absolute Gasteiger partial charge is 0.271 e. The maximum Gasteiger partial charge on any atom is 0.271 e. The Kier molecular flexibility index (Phi) is 5.79. The van der Waals surface area contributed by atoms with Crippen LogP contribution in [-0.2, 0) is 23.2 Å². The highest BCUT2D eigenvalue weighted by molar-refractivity contribution is 6.07. The topological polar surface area (TPSA) is 108 Å². The van der Waals surface area contributed by atoms with Gasteiger partial charge in [-0.1, -0.05) is 24.3 Å². The summed E-state index contributed by atoms with van der Waals surface area (Å²) in [5.74, 6) is -0.812. The quantitative estimate of drug-likeness (QED) is 0.582. The van der Waals surface area contributed by atoms with Crippen LogP contribution in [0.1, 0.15) is 34.5 Å². The number of hydrogen-bond acceptors (Lipinski definition) is 5. The van der Waals surface area contributed by atoms with Gasteiger partial charge in [-0.25, -0.2) is 8.78 Å². The average molecular weight is 444 g/mol. The van der Waals surface area contributed by atoms with Gasteiger partial charge in [0, 0.05) is 31.0 Å². The summed E-state index contributed by atoms with van der Waals surface area (Å²) in [7, 11) is 1.61. The first-order valence-corrected chi connectivity index (χ1v) is 9.96. The molecule has 1 aliphatic heterocycles. The maximum atomic E-state index is 13.2. The standard InChI is InChI=1S/C22H22F2N4O4/c1-28-18(20(29)26-22(21(25)30)8-9-31-12-22)16-10-14(6-7-17(16)27-28)32-11-13-4-2-3-5-15(13)19(23)24/h2-7,10,19H,8-9,11-12H2,1H3,(H2,25,30)(H,26,29). The van der Waals surface area contributed by atoms with E-state index in [0.29, 0.717) is 28.8 Å². The third kappa shape index (κ3) is 4.01. The fourth-order valence-electron chi connectivity index (χ4n) is 3.77. The lowest BCUT2D eigenvalue weighted by Crippen LogP contribution is -2.58. The van der Waals surface area contributed by atoms with Crippen molar-refractivity contribution in [3.8, 4) is 5.75 Å². The summed E-state index contributed by atoms with van der Waals surface area (Å²) in [6, 6.07) is 11.1. The van der Waals surface area contributed by atoms with Crippen LogP contribution >= 0.6 is 0 Å². The first-order chi connectivity index (χ1) is 15.3. The Morgan fingerprint density at radius 1 is 1.31 bits per heavy atom. The lowest BCUT2D eigenvalue weighted by molar-refractivity contribution is -0.124. The van der Waals surface area contributed by atoms with Crippen LogP contribution in [0.5, 0.6) is 5.75 Å². The fraction of sp³-hybridized carbons (Fsp3) is 0.318. The number of nitrogens with two attached hydrogens (primary N) is 1. The molecule has 10 heteroatoms. The number of primary amides is 1. The number of hydrogen-bond donors (Lipinski definition) is 2. The number of aryl methyl sites for hydroxylation is 1. The van der Waals surface area contributed by atoms with E-state index in [0.717, 1.165) is 0 Å². The van der Waals surface area contributed by atoms with Gasteiger partial charge in [-0.3, -0.25) is 14.3 Å². The average Bonchev–Trinajstić information content (AvgIpc) is 3.36. The van der Waals surface area contributed by atoms with Crippen molar-refractivity contribution in [3.05, 3.63) is 59.3 Å². The number of nitrogens with one attached hydrogen (secondary N) is 1. The molecule has 2 aromatic carbocycles. The van der Waals surface area contributed by atoms with Crippen LogP contribution in [0.3, 0.4) is 0 Å². The van der Waals surface area contributed by atoms with Crippen LogP contribution in [0.25, 0.3) is 10.9 Å². The van der Waals surface area contributed by atoms with Gasteiger partial charge in [0.2, 0.25) is 5.91 Å². The van der Waals surface area contributed by atoms with Crippen molar-refractivity contribution < 1.29 is 27.8 Å². The molecular weight excluding hydrogens is 422 g/mol. The summed E-state index contributed by atoms with van der Waals surface area (Å²) < 4.78 is 38.8. The number of ether oxygens (including phenoxy) is 2. The van der Waals surface area contributed by atoms with Gasteiger partial charge >= 0.3 is 0 Å². The SMILES string of the molecule is Cn1nc2ccc(OCc3ccccc3C(F)F)cc2c1C(=O)NC1(C(N)=O)CCOC1. The predicted octanol–water partition coefficient (Wildman–Crippen LogP) is 2.46. The van der Waals surface area contributed by atoms with Crippen LogP contribution in [0.4, 0.5) is 8.78 Å². The van der Waals surface area contributed by atoms with Gasteiger partial charge in [0.05, 0.1) is 12.1 Å². The maximum absolute atomic E-state index is 13.2. The third-order valence-electron chi connectivity index (χ3n) is 5.55. The van der Waals surface area contributed by atoms with E-state index in [1.54, 1.807) is 43.4 Å². The summed E-state index contributed by atoms with van der Waals surface area (Å²) in [6.45, 7) is 0.255. The van der Waals surface area contributed by atoms with Gasteiger partial charge in [0.25, 0.3) is 12.3 Å². The molecule has 8 nitrogen and oxygen atoms in total. The van der Waals surface area contributed by atoms with Crippen LogP contribution in [0.15, 0.2) is 42.5 Å². The molecule has 168 valence electrons. The van der Waals surface area contributed by atoms with Gasteiger partial charge in [0.15, 0.2) is 0 Å². The molecule has 1 unspecified atom stereocenters. The Balaban J connectivity index is 1.60. The van der Waals surface area contributed by atoms with Crippen molar-refractivity contribution in [2.24, 2.45) is 12.8 Å². The molecule has 1 saturated heterocycles. The molecule has 0 bridgehead atoms. The normalized spacial score (nSPS) is 18.2. The first-order valence-electron chi connectivity index (χ1n) is 9.96. The number of carbonyl (C=O) groups excluding carboxylic acids is 2. The second-order valence-electron chi connectivity index (χ2n) is 7.64. The number of fused-ring (bicyclic) bond motifs is 1. The number of benzene rings is 2. The zero-order chi connectivity index (χ0) is 22.9. The van der Waals surface area contributed by atoms with E-state index in [1.165, 1.54) is 10.7 Å². The number of aromatic nitrogens is 2. The van der Waals surface area contributed by atoms with Crippen LogP contribution in [0.2, 0.25) is 0 Å². The zero-order valence-electron chi connectivity index (χ0n) is 17.3. The highest BCUT2D eigenvalue weighted by Crippen LogP contribution is 2.27. The largest absolute Gasteiger partial charge is 0.489 e. The highest BCUT2D eigenvalue weighted by Gasteiger charge is 2.43. The van der Waals surface area contributed by atoms with Crippen molar-refractivity contribution >= 4 is 22.7 Å². The monoisotopic (exact) mass is 444 g/mol. The van der Waals surface area contributed by atoms with E-state index in [1.807, 2.05) is 0 Å². The van der Waals surface area contributed by atoms with Crippen molar-refractivity contribution in [3.63, 3.8) is 0 Å². The minimum absolute atomic E-state index is 0.00175. The van der Waals surface area contributed by atoms with E-state index in [-0.39, 0.29) is 30.9 Å². The molecule has 4 rings (SSSR count). The van der Waals surface area contributed by atoms with E-state index < -0.39 is 23.8 Å². The molecule has 3 aromatic rings. The molecule has 2 amide bonds. The lowest BCUT2D eigenvalue weighted by atomic mass is 9.97. The third-order valence-corrected chi connectivity index (χ3v) is 5.55. The molecule has 3 N–H and O–H groups in total. The Hall–Kier alpha value is -3.53. The van der Waals surface area contributed by atoms with E-state index in [9.17, 15) is 18.4 Å². The number of amides is 2. The Bertz CT molecular complexity index is 1170. The number of nitrogens with zero attached hydrogens (tertiary/aromatic N) is 2. The molecule has 0 aliphatic carbocycles. The molecule has 0 spiro atoms.